The first-order chi connectivity index (χ1) is 8.92. The SMILES string of the molecule is C(#Cc1cnc2ccccc2c1)c1cc[c]cc1. The monoisotopic (exact) mass is 228 g/mol. The van der Waals surface area contributed by atoms with Gasteiger partial charge in [-0.15, -0.1) is 0 Å². The Morgan fingerprint density at radius 1 is 0.889 bits per heavy atom. The van der Waals surface area contributed by atoms with Gasteiger partial charge in [0.15, 0.2) is 0 Å². The zero-order valence-corrected chi connectivity index (χ0v) is 9.72. The number of hydrogen-bond acceptors (Lipinski definition) is 1. The number of benzene rings is 2. The van der Waals surface area contributed by atoms with Crippen LogP contribution in [-0.4, -0.2) is 4.98 Å². The first kappa shape index (κ1) is 10.6. The van der Waals surface area contributed by atoms with Crippen LogP contribution in [0.1, 0.15) is 11.1 Å². The summed E-state index contributed by atoms with van der Waals surface area (Å²) in [6, 6.07) is 20.7. The molecule has 1 heteroatoms. The predicted octanol–water partition coefficient (Wildman–Crippen LogP) is 3.43. The summed E-state index contributed by atoms with van der Waals surface area (Å²) in [5, 5.41) is 1.12. The Morgan fingerprint density at radius 3 is 2.56 bits per heavy atom. The molecule has 18 heavy (non-hydrogen) atoms. The average molecular weight is 228 g/mol. The summed E-state index contributed by atoms with van der Waals surface area (Å²) < 4.78 is 0. The number of aromatic nitrogens is 1. The number of para-hydroxylation sites is 1. The van der Waals surface area contributed by atoms with Gasteiger partial charge < -0.3 is 0 Å². The smallest absolute Gasteiger partial charge is 0.0702 e. The quantitative estimate of drug-likeness (QED) is 0.537. The van der Waals surface area contributed by atoms with Crippen molar-refractivity contribution in [2.45, 2.75) is 0 Å². The van der Waals surface area contributed by atoms with E-state index in [4.69, 9.17) is 0 Å². The third-order valence-corrected chi connectivity index (χ3v) is 2.66. The number of hydrogen-bond donors (Lipinski definition) is 0. The Kier molecular flexibility index (Phi) is 2.77. The largest absolute Gasteiger partial charge is 0.255 e. The topological polar surface area (TPSA) is 12.9 Å². The van der Waals surface area contributed by atoms with Crippen LogP contribution in [0.15, 0.2) is 60.8 Å². The first-order valence-electron chi connectivity index (χ1n) is 5.75. The average Bonchev–Trinajstić information content (AvgIpc) is 2.46. The van der Waals surface area contributed by atoms with Crippen LogP contribution in [-0.2, 0) is 0 Å². The lowest BCUT2D eigenvalue weighted by atomic mass is 10.1. The minimum atomic E-state index is 0.932. The van der Waals surface area contributed by atoms with Crippen molar-refractivity contribution in [1.29, 1.82) is 0 Å². The normalized spacial score (nSPS) is 9.78. The summed E-state index contributed by atoms with van der Waals surface area (Å²) in [6.07, 6.45) is 1.81. The molecule has 3 rings (SSSR count). The van der Waals surface area contributed by atoms with Crippen LogP contribution in [0.5, 0.6) is 0 Å². The highest BCUT2D eigenvalue weighted by molar-refractivity contribution is 5.79. The molecule has 2 aromatic carbocycles. The lowest BCUT2D eigenvalue weighted by Crippen LogP contribution is -1.81. The molecule has 0 bridgehead atoms. The number of fused-ring (bicyclic) bond motifs is 1. The summed E-state index contributed by atoms with van der Waals surface area (Å²) >= 11 is 0. The van der Waals surface area contributed by atoms with E-state index in [-0.39, 0.29) is 0 Å². The maximum Gasteiger partial charge on any atom is 0.0702 e. The van der Waals surface area contributed by atoms with Gasteiger partial charge in [0, 0.05) is 22.7 Å². The van der Waals surface area contributed by atoms with Gasteiger partial charge in [0.05, 0.1) is 5.52 Å². The second-order valence-corrected chi connectivity index (χ2v) is 3.96. The molecule has 3 aromatic rings. The third-order valence-electron chi connectivity index (χ3n) is 2.66. The van der Waals surface area contributed by atoms with E-state index in [0.29, 0.717) is 0 Å². The van der Waals surface area contributed by atoms with Crippen LogP contribution in [0.2, 0.25) is 0 Å². The van der Waals surface area contributed by atoms with E-state index in [1.54, 1.807) is 0 Å². The van der Waals surface area contributed by atoms with Crippen molar-refractivity contribution in [3.63, 3.8) is 0 Å². The van der Waals surface area contributed by atoms with E-state index < -0.39 is 0 Å². The Morgan fingerprint density at radius 2 is 1.67 bits per heavy atom. The molecule has 1 aromatic heterocycles. The van der Waals surface area contributed by atoms with E-state index in [1.165, 1.54) is 0 Å². The molecule has 0 saturated carbocycles. The Bertz CT molecular complexity index is 733. The Labute approximate surface area is 106 Å². The minimum Gasteiger partial charge on any atom is -0.255 e. The van der Waals surface area contributed by atoms with Gasteiger partial charge in [-0.2, -0.15) is 0 Å². The molecular formula is C17H10N. The van der Waals surface area contributed by atoms with Crippen LogP contribution in [0.4, 0.5) is 0 Å². The molecule has 0 spiro atoms. The molecular weight excluding hydrogens is 218 g/mol. The maximum absolute atomic E-state index is 4.38. The van der Waals surface area contributed by atoms with Crippen molar-refractivity contribution >= 4 is 10.9 Å². The van der Waals surface area contributed by atoms with Crippen molar-refractivity contribution in [3.8, 4) is 11.8 Å². The summed E-state index contributed by atoms with van der Waals surface area (Å²) in [5.41, 5.74) is 2.92. The van der Waals surface area contributed by atoms with Crippen LogP contribution in [0.25, 0.3) is 10.9 Å². The summed E-state index contributed by atoms with van der Waals surface area (Å²) in [7, 11) is 0. The molecule has 0 N–H and O–H groups in total. The van der Waals surface area contributed by atoms with Gasteiger partial charge >= 0.3 is 0 Å². The Hall–Kier alpha value is -2.59. The summed E-state index contributed by atoms with van der Waals surface area (Å²) in [5.74, 6) is 6.24. The number of pyridine rings is 1. The second kappa shape index (κ2) is 4.73. The molecule has 0 aliphatic carbocycles. The third kappa shape index (κ3) is 2.23. The van der Waals surface area contributed by atoms with Crippen molar-refractivity contribution in [2.24, 2.45) is 0 Å². The summed E-state index contributed by atoms with van der Waals surface area (Å²) in [4.78, 5) is 4.38. The molecule has 1 nitrogen and oxygen atoms in total. The maximum atomic E-state index is 4.38. The van der Waals surface area contributed by atoms with Gasteiger partial charge in [0.1, 0.15) is 0 Å². The second-order valence-electron chi connectivity index (χ2n) is 3.96. The molecule has 0 atom stereocenters. The van der Waals surface area contributed by atoms with Gasteiger partial charge in [-0.25, -0.2) is 0 Å². The molecule has 1 heterocycles. The highest BCUT2D eigenvalue weighted by Crippen LogP contribution is 2.11. The molecule has 0 amide bonds. The predicted molar refractivity (Wildman–Crippen MR) is 73.0 cm³/mol. The Balaban J connectivity index is 1.99. The van der Waals surface area contributed by atoms with E-state index in [0.717, 1.165) is 22.0 Å². The standard InChI is InChI=1S/C17H10N/c1-2-6-14(7-3-1)10-11-15-12-16-8-4-5-9-17(16)18-13-15/h2-9,12-13H. The minimum absolute atomic E-state index is 0.932. The fourth-order valence-electron chi connectivity index (χ4n) is 1.75. The van der Waals surface area contributed by atoms with Gasteiger partial charge in [-0.3, -0.25) is 4.98 Å². The van der Waals surface area contributed by atoms with E-state index in [1.807, 2.05) is 54.7 Å². The van der Waals surface area contributed by atoms with Gasteiger partial charge in [-0.1, -0.05) is 42.2 Å². The lowest BCUT2D eigenvalue weighted by molar-refractivity contribution is 1.39. The number of rotatable bonds is 0. The van der Waals surface area contributed by atoms with Gasteiger partial charge in [0.2, 0.25) is 0 Å². The molecule has 0 aliphatic rings. The van der Waals surface area contributed by atoms with E-state index >= 15 is 0 Å². The summed E-state index contributed by atoms with van der Waals surface area (Å²) in [6.45, 7) is 0. The first-order valence-corrected chi connectivity index (χ1v) is 5.75. The van der Waals surface area contributed by atoms with E-state index in [2.05, 4.69) is 29.0 Å². The van der Waals surface area contributed by atoms with Gasteiger partial charge in [-0.05, 0) is 30.3 Å². The molecule has 0 fully saturated rings. The highest BCUT2D eigenvalue weighted by Gasteiger charge is 1.94. The van der Waals surface area contributed by atoms with Crippen molar-refractivity contribution in [2.75, 3.05) is 0 Å². The molecule has 0 unspecified atom stereocenters. The number of nitrogens with zero attached hydrogens (tertiary/aromatic N) is 1. The van der Waals surface area contributed by atoms with Crippen LogP contribution in [0, 0.1) is 17.9 Å². The van der Waals surface area contributed by atoms with Crippen LogP contribution < -0.4 is 0 Å². The van der Waals surface area contributed by atoms with Crippen molar-refractivity contribution in [3.05, 3.63) is 78.0 Å². The van der Waals surface area contributed by atoms with Crippen LogP contribution in [0.3, 0.4) is 0 Å². The molecule has 0 saturated heterocycles. The van der Waals surface area contributed by atoms with Crippen molar-refractivity contribution in [1.82, 2.24) is 4.98 Å². The van der Waals surface area contributed by atoms with E-state index in [9.17, 15) is 0 Å². The zero-order chi connectivity index (χ0) is 12.2. The molecule has 1 radical (unpaired) electrons. The fourth-order valence-corrected chi connectivity index (χ4v) is 1.75. The van der Waals surface area contributed by atoms with Crippen molar-refractivity contribution < 1.29 is 0 Å². The molecule has 0 aliphatic heterocycles. The highest BCUT2D eigenvalue weighted by atomic mass is 14.6. The fraction of sp³-hybridized carbons (Fsp3) is 0. The zero-order valence-electron chi connectivity index (χ0n) is 9.72. The van der Waals surface area contributed by atoms with Gasteiger partial charge in [0.25, 0.3) is 0 Å². The van der Waals surface area contributed by atoms with Crippen LogP contribution >= 0.6 is 0 Å². The molecule has 83 valence electrons. The lowest BCUT2D eigenvalue weighted by Gasteiger charge is -1.96.